The van der Waals surface area contributed by atoms with E-state index in [1.54, 1.807) is 0 Å². The van der Waals surface area contributed by atoms with E-state index in [1.807, 2.05) is 0 Å². The molecule has 5 nitrogen and oxygen atoms in total. The van der Waals surface area contributed by atoms with Gasteiger partial charge in [-0.15, -0.1) is 5.10 Å². The fourth-order valence-corrected chi connectivity index (χ4v) is 3.11. The molecule has 0 saturated heterocycles. The highest BCUT2D eigenvalue weighted by atomic mass is 19.4. The summed E-state index contributed by atoms with van der Waals surface area (Å²) in [6, 6.07) is 4.68. The maximum Gasteiger partial charge on any atom is 0.416 e. The highest BCUT2D eigenvalue weighted by molar-refractivity contribution is 5.85. The lowest BCUT2D eigenvalue weighted by atomic mass is 9.88. The summed E-state index contributed by atoms with van der Waals surface area (Å²) in [5.41, 5.74) is -0.292. The smallest absolute Gasteiger partial charge is 0.416 e. The number of aromatic nitrogens is 3. The molecule has 0 amide bonds. The van der Waals surface area contributed by atoms with Gasteiger partial charge in [0.25, 0.3) is 5.82 Å². The van der Waals surface area contributed by atoms with Crippen molar-refractivity contribution >= 4 is 5.97 Å². The fraction of sp³-hybridized carbons (Fsp3) is 0.471. The molecule has 0 aliphatic heterocycles. The van der Waals surface area contributed by atoms with Gasteiger partial charge in [-0.3, -0.25) is 0 Å². The lowest BCUT2D eigenvalue weighted by Crippen LogP contribution is -2.12. The van der Waals surface area contributed by atoms with E-state index in [1.165, 1.54) is 23.9 Å². The zero-order chi connectivity index (χ0) is 18.0. The Hall–Kier alpha value is -2.38. The van der Waals surface area contributed by atoms with Gasteiger partial charge in [0.1, 0.15) is 5.82 Å². The molecule has 2 aromatic rings. The van der Waals surface area contributed by atoms with Crippen molar-refractivity contribution in [3.05, 3.63) is 41.5 Å². The number of nitrogens with zero attached hydrogens (tertiary/aromatic N) is 3. The van der Waals surface area contributed by atoms with Crippen molar-refractivity contribution in [3.8, 4) is 5.69 Å². The van der Waals surface area contributed by atoms with Crippen LogP contribution in [0.25, 0.3) is 5.69 Å². The first-order valence-corrected chi connectivity index (χ1v) is 8.13. The summed E-state index contributed by atoms with van der Waals surface area (Å²) in [5.74, 6) is -0.0208. The summed E-state index contributed by atoms with van der Waals surface area (Å²) in [5, 5.41) is 4.17. The van der Waals surface area contributed by atoms with Crippen LogP contribution in [0, 0.1) is 0 Å². The fourth-order valence-electron chi connectivity index (χ4n) is 3.11. The van der Waals surface area contributed by atoms with Crippen molar-refractivity contribution < 1.29 is 22.7 Å². The summed E-state index contributed by atoms with van der Waals surface area (Å²) >= 11 is 0. The van der Waals surface area contributed by atoms with E-state index in [0.717, 1.165) is 44.2 Å². The van der Waals surface area contributed by atoms with Crippen LogP contribution in [0.2, 0.25) is 0 Å². The predicted molar refractivity (Wildman–Crippen MR) is 83.5 cm³/mol. The molecule has 1 saturated carbocycles. The molecule has 0 radical (unpaired) electrons. The van der Waals surface area contributed by atoms with E-state index < -0.39 is 17.7 Å². The molecule has 0 spiro atoms. The lowest BCUT2D eigenvalue weighted by molar-refractivity contribution is -0.137. The summed E-state index contributed by atoms with van der Waals surface area (Å²) in [6.45, 7) is 0. The van der Waals surface area contributed by atoms with Crippen LogP contribution in [0.3, 0.4) is 0 Å². The van der Waals surface area contributed by atoms with Gasteiger partial charge in [0.2, 0.25) is 0 Å². The van der Waals surface area contributed by atoms with Crippen LogP contribution in [0.4, 0.5) is 13.2 Å². The number of methoxy groups -OCH3 is 1. The minimum atomic E-state index is -4.40. The first-order valence-electron chi connectivity index (χ1n) is 8.13. The Kier molecular flexibility index (Phi) is 4.78. The summed E-state index contributed by atoms with van der Waals surface area (Å²) in [4.78, 5) is 16.1. The highest BCUT2D eigenvalue weighted by Gasteiger charge is 2.31. The first-order chi connectivity index (χ1) is 11.9. The third kappa shape index (κ3) is 3.67. The largest absolute Gasteiger partial charge is 0.463 e. The second-order valence-corrected chi connectivity index (χ2v) is 6.08. The van der Waals surface area contributed by atoms with Gasteiger partial charge >= 0.3 is 12.1 Å². The van der Waals surface area contributed by atoms with Crippen LogP contribution in [-0.2, 0) is 10.9 Å². The highest BCUT2D eigenvalue weighted by Crippen LogP contribution is 2.34. The van der Waals surface area contributed by atoms with Crippen molar-refractivity contribution in [1.82, 2.24) is 14.8 Å². The average Bonchev–Trinajstić information content (AvgIpc) is 3.06. The van der Waals surface area contributed by atoms with Crippen LogP contribution in [0.15, 0.2) is 24.3 Å². The molecular weight excluding hydrogens is 335 g/mol. The molecule has 8 heteroatoms. The van der Waals surface area contributed by atoms with Crippen LogP contribution in [-0.4, -0.2) is 27.8 Å². The molecule has 1 fully saturated rings. The number of alkyl halides is 3. The summed E-state index contributed by atoms with van der Waals surface area (Å²) < 4.78 is 44.4. The number of ether oxygens (including phenoxy) is 1. The molecule has 1 aliphatic rings. The molecule has 1 aliphatic carbocycles. The molecule has 0 N–H and O–H groups in total. The number of rotatable bonds is 3. The first kappa shape index (κ1) is 17.4. The third-order valence-corrected chi connectivity index (χ3v) is 4.41. The second-order valence-electron chi connectivity index (χ2n) is 6.08. The third-order valence-electron chi connectivity index (χ3n) is 4.41. The van der Waals surface area contributed by atoms with Crippen molar-refractivity contribution in [2.24, 2.45) is 0 Å². The van der Waals surface area contributed by atoms with Gasteiger partial charge in [-0.2, -0.15) is 13.2 Å². The number of hydrogen-bond acceptors (Lipinski definition) is 4. The standard InChI is InChI=1S/C17H18F3N3O2/c1-25-16(24)14-21-15(11-5-3-2-4-6-11)23(22-14)13-9-7-12(8-10-13)17(18,19)20/h7-11H,2-6H2,1H3. The monoisotopic (exact) mass is 353 g/mol. The van der Waals surface area contributed by atoms with E-state index in [2.05, 4.69) is 14.8 Å². The van der Waals surface area contributed by atoms with Gasteiger partial charge in [0.05, 0.1) is 18.4 Å². The minimum absolute atomic E-state index is 0.0806. The SMILES string of the molecule is COC(=O)c1nc(C2CCCCC2)n(-c2ccc(C(F)(F)F)cc2)n1. The Morgan fingerprint density at radius 2 is 1.80 bits per heavy atom. The Morgan fingerprint density at radius 3 is 2.36 bits per heavy atom. The Labute approximate surface area is 142 Å². The van der Waals surface area contributed by atoms with Crippen molar-refractivity contribution in [3.63, 3.8) is 0 Å². The molecule has 134 valence electrons. The summed E-state index contributed by atoms with van der Waals surface area (Å²) in [6.07, 6.45) is 0.690. The normalized spacial score (nSPS) is 16.0. The number of benzene rings is 1. The van der Waals surface area contributed by atoms with Gasteiger partial charge in [-0.1, -0.05) is 19.3 Å². The molecule has 0 bridgehead atoms. The topological polar surface area (TPSA) is 57.0 Å². The summed E-state index contributed by atoms with van der Waals surface area (Å²) in [7, 11) is 1.24. The molecule has 1 heterocycles. The zero-order valence-electron chi connectivity index (χ0n) is 13.7. The van der Waals surface area contributed by atoms with E-state index in [0.29, 0.717) is 11.5 Å². The number of halogens is 3. The van der Waals surface area contributed by atoms with Crippen molar-refractivity contribution in [1.29, 1.82) is 0 Å². The number of carbonyl (C=O) groups excluding carboxylic acids is 1. The molecule has 0 unspecified atom stereocenters. The van der Waals surface area contributed by atoms with Crippen LogP contribution in [0.5, 0.6) is 0 Å². The number of hydrogen-bond donors (Lipinski definition) is 0. The van der Waals surface area contributed by atoms with Crippen molar-refractivity contribution in [2.45, 2.75) is 44.2 Å². The molecule has 25 heavy (non-hydrogen) atoms. The van der Waals surface area contributed by atoms with Gasteiger partial charge < -0.3 is 4.74 Å². The van der Waals surface area contributed by atoms with E-state index in [4.69, 9.17) is 0 Å². The lowest BCUT2D eigenvalue weighted by Gasteiger charge is -2.21. The van der Waals surface area contributed by atoms with Gasteiger partial charge in [0, 0.05) is 5.92 Å². The Morgan fingerprint density at radius 1 is 1.16 bits per heavy atom. The minimum Gasteiger partial charge on any atom is -0.463 e. The van der Waals surface area contributed by atoms with Crippen LogP contribution < -0.4 is 0 Å². The van der Waals surface area contributed by atoms with Gasteiger partial charge in [-0.25, -0.2) is 14.5 Å². The molecule has 1 aromatic heterocycles. The second kappa shape index (κ2) is 6.85. The number of carbonyl (C=O) groups is 1. The molecular formula is C17H18F3N3O2. The van der Waals surface area contributed by atoms with Gasteiger partial charge in [-0.05, 0) is 37.1 Å². The molecule has 0 atom stereocenters. The Bertz CT molecular complexity index is 747. The quantitative estimate of drug-likeness (QED) is 0.779. The van der Waals surface area contributed by atoms with E-state index >= 15 is 0 Å². The zero-order valence-corrected chi connectivity index (χ0v) is 13.7. The Balaban J connectivity index is 2.01. The van der Waals surface area contributed by atoms with Gasteiger partial charge in [0.15, 0.2) is 0 Å². The predicted octanol–water partition coefficient (Wildman–Crippen LogP) is 4.12. The van der Waals surface area contributed by atoms with E-state index in [9.17, 15) is 18.0 Å². The number of esters is 1. The average molecular weight is 353 g/mol. The maximum absolute atomic E-state index is 12.8. The molecule has 3 rings (SSSR count). The maximum atomic E-state index is 12.8. The van der Waals surface area contributed by atoms with Crippen LogP contribution in [0.1, 0.15) is 60.0 Å². The van der Waals surface area contributed by atoms with E-state index in [-0.39, 0.29) is 11.7 Å². The van der Waals surface area contributed by atoms with Crippen LogP contribution >= 0.6 is 0 Å². The van der Waals surface area contributed by atoms with Crippen molar-refractivity contribution in [2.75, 3.05) is 7.11 Å². The molecule has 1 aromatic carbocycles.